The Bertz CT molecular complexity index is 917. The normalized spacial score (nSPS) is 20.2. The largest absolute Gasteiger partial charge is 0.496 e. The zero-order valence-electron chi connectivity index (χ0n) is 14.4. The van der Waals surface area contributed by atoms with Gasteiger partial charge in [-0.05, 0) is 31.6 Å². The van der Waals surface area contributed by atoms with Crippen LogP contribution in [0.1, 0.15) is 24.2 Å². The van der Waals surface area contributed by atoms with Crippen LogP contribution < -0.4 is 10.1 Å². The van der Waals surface area contributed by atoms with Gasteiger partial charge in [-0.2, -0.15) is 0 Å². The van der Waals surface area contributed by atoms with E-state index in [2.05, 4.69) is 10.3 Å². The molecule has 0 aliphatic heterocycles. The number of benzene rings is 1. The quantitative estimate of drug-likeness (QED) is 0.834. The SMILES string of the molecule is COc1cc2c(cc1C(C)=O)nc(NC1C(Cl)=CC=C(C)C1F)n2C. The van der Waals surface area contributed by atoms with Crippen LogP contribution in [0.25, 0.3) is 11.0 Å². The molecular weight excluding hydrogens is 345 g/mol. The van der Waals surface area contributed by atoms with E-state index in [4.69, 9.17) is 16.3 Å². The third-order valence-electron chi connectivity index (χ3n) is 4.40. The predicted octanol–water partition coefficient (Wildman–Crippen LogP) is 3.99. The highest BCUT2D eigenvalue weighted by Gasteiger charge is 2.29. The number of nitrogens with one attached hydrogen (secondary N) is 1. The fraction of sp³-hybridized carbons (Fsp3) is 0.333. The van der Waals surface area contributed by atoms with Gasteiger partial charge in [0.25, 0.3) is 0 Å². The molecule has 0 radical (unpaired) electrons. The van der Waals surface area contributed by atoms with E-state index in [9.17, 15) is 9.18 Å². The molecule has 2 unspecified atom stereocenters. The van der Waals surface area contributed by atoms with Crippen LogP contribution in [0.15, 0.2) is 34.9 Å². The van der Waals surface area contributed by atoms with Gasteiger partial charge in [0.05, 0.1) is 29.7 Å². The molecular formula is C18H19ClFN3O2. The van der Waals surface area contributed by atoms with E-state index in [0.717, 1.165) is 5.52 Å². The number of fused-ring (bicyclic) bond motifs is 1. The van der Waals surface area contributed by atoms with E-state index < -0.39 is 12.2 Å². The summed E-state index contributed by atoms with van der Waals surface area (Å²) >= 11 is 6.17. The molecule has 0 spiro atoms. The second-order valence-electron chi connectivity index (χ2n) is 6.08. The third kappa shape index (κ3) is 3.02. The molecule has 1 aliphatic carbocycles. The van der Waals surface area contributed by atoms with Gasteiger partial charge in [0.1, 0.15) is 11.9 Å². The Morgan fingerprint density at radius 1 is 1.40 bits per heavy atom. The number of rotatable bonds is 4. The highest BCUT2D eigenvalue weighted by Crippen LogP contribution is 2.31. The number of ether oxygens (including phenoxy) is 1. The first kappa shape index (κ1) is 17.5. The molecule has 1 heterocycles. The number of hydrogen-bond acceptors (Lipinski definition) is 4. The molecule has 7 heteroatoms. The molecule has 0 bridgehead atoms. The first-order valence-corrected chi connectivity index (χ1v) is 8.21. The molecule has 25 heavy (non-hydrogen) atoms. The summed E-state index contributed by atoms with van der Waals surface area (Å²) in [5.74, 6) is 0.834. The number of imidazole rings is 1. The van der Waals surface area contributed by atoms with Gasteiger partial charge in [-0.15, -0.1) is 0 Å². The lowest BCUT2D eigenvalue weighted by Crippen LogP contribution is -2.34. The average molecular weight is 364 g/mol. The number of hydrogen-bond donors (Lipinski definition) is 1. The van der Waals surface area contributed by atoms with Crippen molar-refractivity contribution in [1.82, 2.24) is 9.55 Å². The lowest BCUT2D eigenvalue weighted by molar-refractivity contribution is 0.101. The summed E-state index contributed by atoms with van der Waals surface area (Å²) < 4.78 is 21.6. The van der Waals surface area contributed by atoms with E-state index >= 15 is 0 Å². The summed E-state index contributed by atoms with van der Waals surface area (Å²) in [7, 11) is 3.32. The van der Waals surface area contributed by atoms with Gasteiger partial charge in [-0.25, -0.2) is 9.37 Å². The highest BCUT2D eigenvalue weighted by atomic mass is 35.5. The van der Waals surface area contributed by atoms with E-state index in [0.29, 0.717) is 33.4 Å². The molecule has 1 aromatic heterocycles. The van der Waals surface area contributed by atoms with E-state index in [1.807, 2.05) is 0 Å². The van der Waals surface area contributed by atoms with E-state index in [1.165, 1.54) is 14.0 Å². The molecule has 2 atom stereocenters. The minimum Gasteiger partial charge on any atom is -0.496 e. The molecule has 2 aromatic rings. The zero-order valence-corrected chi connectivity index (χ0v) is 15.2. The van der Waals surface area contributed by atoms with Crippen LogP contribution in [-0.4, -0.2) is 34.7 Å². The number of carbonyl (C=O) groups excluding carboxylic acids is 1. The van der Waals surface area contributed by atoms with Crippen LogP contribution in [0.4, 0.5) is 10.3 Å². The van der Waals surface area contributed by atoms with E-state index in [-0.39, 0.29) is 5.78 Å². The Balaban J connectivity index is 2.03. The van der Waals surface area contributed by atoms with Gasteiger partial charge in [0.15, 0.2) is 5.78 Å². The van der Waals surface area contributed by atoms with Crippen molar-refractivity contribution in [2.45, 2.75) is 26.1 Å². The number of alkyl halides is 1. The van der Waals surface area contributed by atoms with Gasteiger partial charge in [0.2, 0.25) is 5.95 Å². The molecule has 1 aromatic carbocycles. The van der Waals surface area contributed by atoms with Crippen molar-refractivity contribution in [3.05, 3.63) is 40.5 Å². The van der Waals surface area contributed by atoms with Crippen molar-refractivity contribution < 1.29 is 13.9 Å². The Morgan fingerprint density at radius 3 is 2.76 bits per heavy atom. The Hall–Kier alpha value is -2.34. The number of halogens is 2. The van der Waals surface area contributed by atoms with Crippen LogP contribution in [0.3, 0.4) is 0 Å². The van der Waals surface area contributed by atoms with Crippen LogP contribution in [0, 0.1) is 0 Å². The molecule has 0 amide bonds. The fourth-order valence-corrected chi connectivity index (χ4v) is 3.11. The summed E-state index contributed by atoms with van der Waals surface area (Å²) in [4.78, 5) is 16.3. The number of allylic oxidation sites excluding steroid dienone is 2. The minimum absolute atomic E-state index is 0.109. The van der Waals surface area contributed by atoms with E-state index in [1.54, 1.807) is 42.8 Å². The third-order valence-corrected chi connectivity index (χ3v) is 4.76. The van der Waals surface area contributed by atoms with Gasteiger partial charge in [0, 0.05) is 18.1 Å². The number of nitrogens with zero attached hydrogens (tertiary/aromatic N) is 2. The van der Waals surface area contributed by atoms with Crippen molar-refractivity contribution in [3.63, 3.8) is 0 Å². The Labute approximate surface area is 150 Å². The number of methoxy groups -OCH3 is 1. The van der Waals surface area contributed by atoms with Gasteiger partial charge in [-0.3, -0.25) is 4.79 Å². The fourth-order valence-electron chi connectivity index (χ4n) is 2.88. The standard InChI is InChI=1S/C18H19ClFN3O2/c1-9-5-6-12(19)17(16(9)20)22-18-21-13-7-11(10(2)24)15(25-4)8-14(13)23(18)3/h5-8,16-17H,1-4H3,(H,21,22). The second-order valence-corrected chi connectivity index (χ2v) is 6.51. The maximum Gasteiger partial charge on any atom is 0.204 e. The van der Waals surface area contributed by atoms with Crippen molar-refractivity contribution in [1.29, 1.82) is 0 Å². The highest BCUT2D eigenvalue weighted by molar-refractivity contribution is 6.30. The van der Waals surface area contributed by atoms with Crippen molar-refractivity contribution >= 4 is 34.4 Å². The molecule has 132 valence electrons. The Morgan fingerprint density at radius 2 is 2.12 bits per heavy atom. The van der Waals surface area contributed by atoms with Crippen molar-refractivity contribution in [3.8, 4) is 5.75 Å². The van der Waals surface area contributed by atoms with Crippen LogP contribution in [-0.2, 0) is 7.05 Å². The predicted molar refractivity (Wildman–Crippen MR) is 97.3 cm³/mol. The zero-order chi connectivity index (χ0) is 18.3. The lowest BCUT2D eigenvalue weighted by atomic mass is 9.99. The van der Waals surface area contributed by atoms with Gasteiger partial charge < -0.3 is 14.6 Å². The number of ketones is 1. The molecule has 3 rings (SSSR count). The maximum absolute atomic E-state index is 14.5. The topological polar surface area (TPSA) is 56.1 Å². The van der Waals surface area contributed by atoms with Gasteiger partial charge in [-0.1, -0.05) is 17.7 Å². The number of Topliss-reactive ketones (excluding diaryl/α,β-unsaturated/α-hetero) is 1. The summed E-state index contributed by atoms with van der Waals surface area (Å²) in [6.45, 7) is 3.19. The van der Waals surface area contributed by atoms with Crippen LogP contribution in [0.2, 0.25) is 0 Å². The first-order valence-electron chi connectivity index (χ1n) is 7.83. The monoisotopic (exact) mass is 363 g/mol. The minimum atomic E-state index is -1.24. The summed E-state index contributed by atoms with van der Waals surface area (Å²) in [6.07, 6.45) is 2.12. The Kier molecular flexibility index (Phi) is 4.56. The number of carbonyl (C=O) groups is 1. The summed E-state index contributed by atoms with van der Waals surface area (Å²) in [6, 6.07) is 2.73. The molecule has 0 saturated carbocycles. The van der Waals surface area contributed by atoms with Gasteiger partial charge >= 0.3 is 0 Å². The van der Waals surface area contributed by atoms with Crippen LogP contribution in [0.5, 0.6) is 5.75 Å². The molecule has 5 nitrogen and oxygen atoms in total. The number of anilines is 1. The smallest absolute Gasteiger partial charge is 0.204 e. The summed E-state index contributed by atoms with van der Waals surface area (Å²) in [5, 5.41) is 3.45. The molecule has 1 aliphatic rings. The second kappa shape index (κ2) is 6.52. The average Bonchev–Trinajstić information content (AvgIpc) is 2.89. The molecule has 1 N–H and O–H groups in total. The number of aromatic nitrogens is 2. The number of aryl methyl sites for hydroxylation is 1. The lowest BCUT2D eigenvalue weighted by Gasteiger charge is -2.25. The first-order chi connectivity index (χ1) is 11.8. The van der Waals surface area contributed by atoms with Crippen LogP contribution >= 0.6 is 11.6 Å². The van der Waals surface area contributed by atoms with Crippen molar-refractivity contribution in [2.24, 2.45) is 7.05 Å². The molecule has 0 fully saturated rings. The molecule has 0 saturated heterocycles. The maximum atomic E-state index is 14.5. The summed E-state index contributed by atoms with van der Waals surface area (Å²) in [5.41, 5.74) is 2.44. The van der Waals surface area contributed by atoms with Crippen molar-refractivity contribution in [2.75, 3.05) is 12.4 Å².